The molecule has 2 aromatic rings. The predicted molar refractivity (Wildman–Crippen MR) is 85.6 cm³/mol. The Morgan fingerprint density at radius 1 is 0.957 bits per heavy atom. The number of amides is 1. The van der Waals surface area contributed by atoms with Gasteiger partial charge in [0.1, 0.15) is 0 Å². The molecule has 0 aromatic heterocycles. The molecule has 23 heavy (non-hydrogen) atoms. The van der Waals surface area contributed by atoms with Crippen molar-refractivity contribution in [2.45, 2.75) is 13.0 Å². The highest BCUT2D eigenvalue weighted by molar-refractivity contribution is 6.36. The Morgan fingerprint density at radius 3 is 2.26 bits per heavy atom. The zero-order valence-corrected chi connectivity index (χ0v) is 12.7. The minimum absolute atomic E-state index is 0.312. The van der Waals surface area contributed by atoms with E-state index in [9.17, 15) is 14.4 Å². The van der Waals surface area contributed by atoms with Crippen LogP contribution in [0.1, 0.15) is 12.0 Å². The quantitative estimate of drug-likeness (QED) is 0.656. The minimum atomic E-state index is -1.59. The summed E-state index contributed by atoms with van der Waals surface area (Å²) in [5, 5.41) is 8.54. The molecule has 1 amide bonds. The Bertz CT molecular complexity index is 725. The van der Waals surface area contributed by atoms with Gasteiger partial charge in [0, 0.05) is 13.6 Å². The van der Waals surface area contributed by atoms with Crippen molar-refractivity contribution in [3.05, 3.63) is 60.2 Å². The van der Waals surface area contributed by atoms with E-state index >= 15 is 0 Å². The second kappa shape index (κ2) is 7.35. The first kappa shape index (κ1) is 16.4. The molecule has 1 N–H and O–H groups in total. The third-order valence-corrected chi connectivity index (χ3v) is 3.43. The molecule has 118 valence electrons. The molecule has 5 heteroatoms. The summed E-state index contributed by atoms with van der Waals surface area (Å²) in [6.45, 7) is 0.312. The van der Waals surface area contributed by atoms with Crippen molar-refractivity contribution in [2.75, 3.05) is 7.05 Å². The largest absolute Gasteiger partial charge is 0.475 e. The third-order valence-electron chi connectivity index (χ3n) is 3.43. The predicted octanol–water partition coefficient (Wildman–Crippen LogP) is 2.36. The molecule has 0 saturated heterocycles. The average molecular weight is 311 g/mol. The van der Waals surface area contributed by atoms with Crippen LogP contribution in [0, 0.1) is 0 Å². The topological polar surface area (TPSA) is 74.7 Å². The molecule has 0 atom stereocenters. The van der Waals surface area contributed by atoms with Crippen LogP contribution < -0.4 is 0 Å². The highest BCUT2D eigenvalue weighted by Gasteiger charge is 2.19. The van der Waals surface area contributed by atoms with Crippen molar-refractivity contribution in [1.29, 1.82) is 0 Å². The van der Waals surface area contributed by atoms with E-state index in [0.717, 1.165) is 16.7 Å². The molecular weight excluding hydrogens is 294 g/mol. The zero-order chi connectivity index (χ0) is 16.8. The van der Waals surface area contributed by atoms with E-state index in [0.29, 0.717) is 6.54 Å². The number of benzene rings is 2. The number of hydrogen-bond donors (Lipinski definition) is 1. The summed E-state index contributed by atoms with van der Waals surface area (Å²) < 4.78 is 0. The molecule has 0 aliphatic heterocycles. The van der Waals surface area contributed by atoms with Gasteiger partial charge < -0.3 is 10.0 Å². The lowest BCUT2D eigenvalue weighted by Crippen LogP contribution is -2.30. The fourth-order valence-corrected chi connectivity index (χ4v) is 2.19. The van der Waals surface area contributed by atoms with Crippen LogP contribution in [-0.2, 0) is 20.9 Å². The van der Waals surface area contributed by atoms with Gasteiger partial charge >= 0.3 is 5.97 Å². The first-order chi connectivity index (χ1) is 11.0. The van der Waals surface area contributed by atoms with Crippen molar-refractivity contribution >= 4 is 17.7 Å². The number of ketones is 1. The number of carboxylic acid groups (broad SMARTS) is 1. The summed E-state index contributed by atoms with van der Waals surface area (Å²) in [4.78, 5) is 34.8. The standard InChI is InChI=1S/C18H17NO4/c1-19(17(21)11-16(20)18(22)23)12-13-6-5-9-15(10-13)14-7-3-2-4-8-14/h2-10H,11-12H2,1H3,(H,22,23). The Hall–Kier alpha value is -2.95. The maximum Gasteiger partial charge on any atom is 0.372 e. The van der Waals surface area contributed by atoms with Gasteiger partial charge in [-0.2, -0.15) is 0 Å². The summed E-state index contributed by atoms with van der Waals surface area (Å²) in [5.74, 6) is -3.19. The van der Waals surface area contributed by atoms with E-state index in [1.165, 1.54) is 4.90 Å². The number of nitrogens with zero attached hydrogens (tertiary/aromatic N) is 1. The molecule has 0 aliphatic carbocycles. The summed E-state index contributed by atoms with van der Waals surface area (Å²) in [6.07, 6.45) is -0.621. The summed E-state index contributed by atoms with van der Waals surface area (Å²) >= 11 is 0. The Morgan fingerprint density at radius 2 is 1.61 bits per heavy atom. The van der Waals surface area contributed by atoms with Gasteiger partial charge in [0.2, 0.25) is 11.7 Å². The zero-order valence-electron chi connectivity index (χ0n) is 12.7. The monoisotopic (exact) mass is 311 g/mol. The fourth-order valence-electron chi connectivity index (χ4n) is 2.19. The van der Waals surface area contributed by atoms with Crippen molar-refractivity contribution in [1.82, 2.24) is 4.90 Å². The van der Waals surface area contributed by atoms with E-state index in [1.54, 1.807) is 7.05 Å². The lowest BCUT2D eigenvalue weighted by molar-refractivity contribution is -0.151. The molecule has 0 bridgehead atoms. The summed E-state index contributed by atoms with van der Waals surface area (Å²) in [7, 11) is 1.55. The van der Waals surface area contributed by atoms with Gasteiger partial charge in [-0.05, 0) is 22.8 Å². The van der Waals surface area contributed by atoms with Crippen molar-refractivity contribution in [3.63, 3.8) is 0 Å². The molecule has 0 saturated carbocycles. The number of hydrogen-bond acceptors (Lipinski definition) is 3. The first-order valence-corrected chi connectivity index (χ1v) is 7.12. The van der Waals surface area contributed by atoms with Crippen LogP contribution in [0.15, 0.2) is 54.6 Å². The lowest BCUT2D eigenvalue weighted by atomic mass is 10.0. The normalized spacial score (nSPS) is 10.1. The highest BCUT2D eigenvalue weighted by atomic mass is 16.4. The molecule has 0 heterocycles. The molecule has 2 aromatic carbocycles. The number of carbonyl (C=O) groups is 3. The smallest absolute Gasteiger partial charge is 0.372 e. The minimum Gasteiger partial charge on any atom is -0.475 e. The number of aliphatic carboxylic acids is 1. The van der Waals surface area contributed by atoms with Gasteiger partial charge in [-0.25, -0.2) is 4.79 Å². The van der Waals surface area contributed by atoms with Gasteiger partial charge in [-0.15, -0.1) is 0 Å². The van der Waals surface area contributed by atoms with Crippen LogP contribution in [0.25, 0.3) is 11.1 Å². The molecule has 5 nitrogen and oxygen atoms in total. The van der Waals surface area contributed by atoms with E-state index < -0.39 is 24.1 Å². The van der Waals surface area contributed by atoms with Crippen LogP contribution in [0.3, 0.4) is 0 Å². The molecule has 0 aliphatic rings. The molecule has 0 unspecified atom stereocenters. The maximum absolute atomic E-state index is 11.9. The van der Waals surface area contributed by atoms with Crippen LogP contribution in [0.5, 0.6) is 0 Å². The molecule has 0 spiro atoms. The van der Waals surface area contributed by atoms with Crippen LogP contribution in [0.2, 0.25) is 0 Å². The SMILES string of the molecule is CN(Cc1cccc(-c2ccccc2)c1)C(=O)CC(=O)C(=O)O. The Balaban J connectivity index is 2.07. The van der Waals surface area contributed by atoms with Gasteiger partial charge in [0.15, 0.2) is 0 Å². The Kier molecular flexibility index (Phi) is 5.25. The van der Waals surface area contributed by atoms with E-state index in [-0.39, 0.29) is 0 Å². The van der Waals surface area contributed by atoms with Gasteiger partial charge in [0.25, 0.3) is 0 Å². The Labute approximate surface area is 134 Å². The lowest BCUT2D eigenvalue weighted by Gasteiger charge is -2.17. The van der Waals surface area contributed by atoms with Crippen molar-refractivity contribution in [3.8, 4) is 11.1 Å². The third kappa shape index (κ3) is 4.51. The number of carbonyl (C=O) groups excluding carboxylic acids is 2. The van der Waals surface area contributed by atoms with E-state index in [2.05, 4.69) is 0 Å². The second-order valence-corrected chi connectivity index (χ2v) is 5.22. The highest BCUT2D eigenvalue weighted by Crippen LogP contribution is 2.20. The van der Waals surface area contributed by atoms with Gasteiger partial charge in [-0.1, -0.05) is 48.5 Å². The second-order valence-electron chi connectivity index (χ2n) is 5.22. The van der Waals surface area contributed by atoms with Crippen molar-refractivity contribution < 1.29 is 19.5 Å². The van der Waals surface area contributed by atoms with Gasteiger partial charge in [0.05, 0.1) is 6.42 Å². The van der Waals surface area contributed by atoms with Gasteiger partial charge in [-0.3, -0.25) is 9.59 Å². The van der Waals surface area contributed by atoms with E-state index in [1.807, 2.05) is 54.6 Å². The summed E-state index contributed by atoms with van der Waals surface area (Å²) in [6, 6.07) is 17.6. The van der Waals surface area contributed by atoms with Crippen molar-refractivity contribution in [2.24, 2.45) is 0 Å². The number of Topliss-reactive ketones (excluding diaryl/α,β-unsaturated/α-hetero) is 1. The van der Waals surface area contributed by atoms with Crippen LogP contribution in [0.4, 0.5) is 0 Å². The molecule has 0 radical (unpaired) electrons. The summed E-state index contributed by atoms with van der Waals surface area (Å²) in [5.41, 5.74) is 3.01. The van der Waals surface area contributed by atoms with Crippen LogP contribution in [-0.4, -0.2) is 34.7 Å². The number of rotatable bonds is 6. The average Bonchev–Trinajstić information content (AvgIpc) is 2.55. The first-order valence-electron chi connectivity index (χ1n) is 7.12. The van der Waals surface area contributed by atoms with E-state index in [4.69, 9.17) is 5.11 Å². The molecule has 2 rings (SSSR count). The molecular formula is C18H17NO4. The fraction of sp³-hybridized carbons (Fsp3) is 0.167. The number of carboxylic acids is 1. The maximum atomic E-state index is 11.9. The molecule has 0 fully saturated rings. The van der Waals surface area contributed by atoms with Crippen LogP contribution >= 0.6 is 0 Å².